The fourth-order valence-electron chi connectivity index (χ4n) is 3.05. The van der Waals surface area contributed by atoms with Crippen molar-refractivity contribution < 1.29 is 9.59 Å². The van der Waals surface area contributed by atoms with Gasteiger partial charge in [0.15, 0.2) is 5.11 Å². The predicted molar refractivity (Wildman–Crippen MR) is 108 cm³/mol. The largest absolute Gasteiger partial charge is 0.334 e. The Morgan fingerprint density at radius 3 is 2.58 bits per heavy atom. The average molecular weight is 388 g/mol. The highest BCUT2D eigenvalue weighted by atomic mass is 32.1. The van der Waals surface area contributed by atoms with Crippen molar-refractivity contribution in [1.29, 1.82) is 0 Å². The highest BCUT2D eigenvalue weighted by Gasteiger charge is 2.44. The molecule has 3 rings (SSSR count). The van der Waals surface area contributed by atoms with Crippen molar-refractivity contribution >= 4 is 46.2 Å². The van der Waals surface area contributed by atoms with E-state index in [-0.39, 0.29) is 24.3 Å². The molecule has 0 radical (unpaired) electrons. The van der Waals surface area contributed by atoms with Crippen LogP contribution in [0.25, 0.3) is 0 Å². The summed E-state index contributed by atoms with van der Waals surface area (Å²) < 4.78 is 0. The normalized spacial score (nSPS) is 17.3. The number of carbonyl (C=O) groups is 2. The summed E-state index contributed by atoms with van der Waals surface area (Å²) >= 11 is 7.14. The van der Waals surface area contributed by atoms with Gasteiger partial charge in [-0.05, 0) is 49.6 Å². The third kappa shape index (κ3) is 3.94. The quantitative estimate of drug-likeness (QED) is 0.771. The van der Waals surface area contributed by atoms with Crippen molar-refractivity contribution in [3.63, 3.8) is 0 Å². The van der Waals surface area contributed by atoms with Gasteiger partial charge in [0.25, 0.3) is 5.91 Å². The average Bonchev–Trinajstić information content (AvgIpc) is 3.19. The Morgan fingerprint density at radius 1 is 1.23 bits per heavy atom. The summed E-state index contributed by atoms with van der Waals surface area (Å²) in [4.78, 5) is 30.0. The Kier molecular flexibility index (Phi) is 5.68. The molecule has 136 valence electrons. The molecule has 2 aromatic rings. The third-order valence-electron chi connectivity index (χ3n) is 4.23. The molecule has 0 saturated carbocycles. The van der Waals surface area contributed by atoms with E-state index in [9.17, 15) is 9.59 Å². The summed E-state index contributed by atoms with van der Waals surface area (Å²) in [6.45, 7) is 4.42. The Balaban J connectivity index is 1.74. The maximum Gasteiger partial charge on any atom is 0.252 e. The van der Waals surface area contributed by atoms with Crippen molar-refractivity contribution in [2.24, 2.45) is 0 Å². The zero-order valence-electron chi connectivity index (χ0n) is 14.7. The third-order valence-corrected chi connectivity index (χ3v) is 5.52. The first-order chi connectivity index (χ1) is 12.5. The molecule has 2 heterocycles. The van der Waals surface area contributed by atoms with Crippen LogP contribution in [0, 0.1) is 0 Å². The molecule has 1 saturated heterocycles. The number of hydrogen-bond donors (Lipinski definition) is 1. The summed E-state index contributed by atoms with van der Waals surface area (Å²) in [6.07, 6.45) is 0.0764. The van der Waals surface area contributed by atoms with Gasteiger partial charge in [-0.25, -0.2) is 0 Å². The van der Waals surface area contributed by atoms with Gasteiger partial charge in [-0.15, -0.1) is 11.3 Å². The van der Waals surface area contributed by atoms with Gasteiger partial charge in [0.05, 0.1) is 13.0 Å². The second kappa shape index (κ2) is 7.97. The Labute approximate surface area is 162 Å². The lowest BCUT2D eigenvalue weighted by Gasteiger charge is -2.27. The van der Waals surface area contributed by atoms with Crippen LogP contribution in [0.5, 0.6) is 0 Å². The Bertz CT molecular complexity index is 790. The molecule has 1 fully saturated rings. The van der Waals surface area contributed by atoms with Crippen LogP contribution in [0.3, 0.4) is 0 Å². The molecule has 0 bridgehead atoms. The van der Waals surface area contributed by atoms with Crippen LogP contribution in [0.4, 0.5) is 5.69 Å². The molecule has 1 aromatic carbocycles. The van der Waals surface area contributed by atoms with Crippen LogP contribution in [-0.4, -0.2) is 38.8 Å². The van der Waals surface area contributed by atoms with Gasteiger partial charge in [0.1, 0.15) is 6.04 Å². The van der Waals surface area contributed by atoms with Crippen molar-refractivity contribution in [2.45, 2.75) is 38.9 Å². The van der Waals surface area contributed by atoms with E-state index in [1.165, 1.54) is 0 Å². The summed E-state index contributed by atoms with van der Waals surface area (Å²) in [5, 5.41) is 5.32. The maximum atomic E-state index is 13.0. The minimum atomic E-state index is -0.564. The maximum absolute atomic E-state index is 13.0. The second-order valence-corrected chi connectivity index (χ2v) is 7.82. The molecule has 5 nitrogen and oxygen atoms in total. The van der Waals surface area contributed by atoms with Crippen LogP contribution >= 0.6 is 23.6 Å². The van der Waals surface area contributed by atoms with Gasteiger partial charge in [-0.3, -0.25) is 14.5 Å². The number of para-hydroxylation sites is 1. The molecule has 1 aliphatic rings. The Hall–Kier alpha value is -2.25. The fourth-order valence-corrected chi connectivity index (χ4v) is 4.23. The number of amides is 2. The van der Waals surface area contributed by atoms with E-state index in [1.807, 2.05) is 66.6 Å². The van der Waals surface area contributed by atoms with E-state index in [0.29, 0.717) is 11.7 Å². The lowest BCUT2D eigenvalue weighted by molar-refractivity contribution is -0.131. The molecular weight excluding hydrogens is 366 g/mol. The SMILES string of the molecule is CC(C)N1C(=S)N(Cc2cccs2)C(=O)C1CC(=O)Nc1ccccc1. The predicted octanol–water partition coefficient (Wildman–Crippen LogP) is 3.48. The lowest BCUT2D eigenvalue weighted by Crippen LogP contribution is -2.42. The minimum Gasteiger partial charge on any atom is -0.334 e. The molecule has 26 heavy (non-hydrogen) atoms. The first-order valence-corrected chi connectivity index (χ1v) is 9.77. The van der Waals surface area contributed by atoms with Crippen LogP contribution in [-0.2, 0) is 16.1 Å². The highest BCUT2D eigenvalue weighted by Crippen LogP contribution is 2.26. The van der Waals surface area contributed by atoms with Crippen LogP contribution in [0.1, 0.15) is 25.1 Å². The van der Waals surface area contributed by atoms with E-state index >= 15 is 0 Å². The van der Waals surface area contributed by atoms with E-state index in [4.69, 9.17) is 12.2 Å². The number of anilines is 1. The molecule has 1 unspecified atom stereocenters. The fraction of sp³-hybridized carbons (Fsp3) is 0.316. The Morgan fingerprint density at radius 2 is 1.96 bits per heavy atom. The highest BCUT2D eigenvalue weighted by molar-refractivity contribution is 7.80. The first kappa shape index (κ1) is 18.5. The zero-order valence-corrected chi connectivity index (χ0v) is 16.3. The molecular formula is C19H21N3O2S2. The van der Waals surface area contributed by atoms with Gasteiger partial charge < -0.3 is 10.2 Å². The smallest absolute Gasteiger partial charge is 0.252 e. The second-order valence-electron chi connectivity index (χ2n) is 6.42. The summed E-state index contributed by atoms with van der Waals surface area (Å²) in [7, 11) is 0. The van der Waals surface area contributed by atoms with Gasteiger partial charge in [0, 0.05) is 16.6 Å². The monoisotopic (exact) mass is 387 g/mol. The zero-order chi connectivity index (χ0) is 18.7. The van der Waals surface area contributed by atoms with Gasteiger partial charge in [-0.1, -0.05) is 24.3 Å². The van der Waals surface area contributed by atoms with Gasteiger partial charge >= 0.3 is 0 Å². The van der Waals surface area contributed by atoms with Crippen molar-refractivity contribution in [1.82, 2.24) is 9.80 Å². The number of carbonyl (C=O) groups excluding carboxylic acids is 2. The first-order valence-electron chi connectivity index (χ1n) is 8.48. The van der Waals surface area contributed by atoms with Crippen molar-refractivity contribution in [3.05, 3.63) is 52.7 Å². The molecule has 0 spiro atoms. The molecule has 1 aromatic heterocycles. The number of hydrogen-bond acceptors (Lipinski definition) is 4. The molecule has 1 atom stereocenters. The van der Waals surface area contributed by atoms with Crippen LogP contribution < -0.4 is 5.32 Å². The van der Waals surface area contributed by atoms with E-state index in [1.54, 1.807) is 16.2 Å². The van der Waals surface area contributed by atoms with Gasteiger partial charge in [-0.2, -0.15) is 0 Å². The van der Waals surface area contributed by atoms with Crippen LogP contribution in [0.2, 0.25) is 0 Å². The number of thiocarbonyl (C=S) groups is 1. The number of benzene rings is 1. The lowest BCUT2D eigenvalue weighted by atomic mass is 10.1. The van der Waals surface area contributed by atoms with Crippen LogP contribution in [0.15, 0.2) is 47.8 Å². The van der Waals surface area contributed by atoms with E-state index < -0.39 is 6.04 Å². The molecule has 2 amide bonds. The number of thiophene rings is 1. The molecule has 7 heteroatoms. The molecule has 1 aliphatic heterocycles. The van der Waals surface area contributed by atoms with E-state index in [0.717, 1.165) is 10.6 Å². The summed E-state index contributed by atoms with van der Waals surface area (Å²) in [5.74, 6) is -0.304. The van der Waals surface area contributed by atoms with Crippen molar-refractivity contribution in [2.75, 3.05) is 5.32 Å². The molecule has 0 aliphatic carbocycles. The summed E-state index contributed by atoms with van der Waals surface area (Å²) in [5.41, 5.74) is 0.720. The molecule has 1 N–H and O–H groups in total. The standard InChI is InChI=1S/C19H21N3O2S2/c1-13(2)22-16(11-17(23)20-14-7-4-3-5-8-14)18(24)21(19(22)25)12-15-9-6-10-26-15/h3-10,13,16H,11-12H2,1-2H3,(H,20,23). The number of nitrogens with zero attached hydrogens (tertiary/aromatic N) is 2. The van der Waals surface area contributed by atoms with Crippen molar-refractivity contribution in [3.8, 4) is 0 Å². The topological polar surface area (TPSA) is 52.7 Å². The minimum absolute atomic E-state index is 0.0364. The number of rotatable bonds is 6. The van der Waals surface area contributed by atoms with Gasteiger partial charge in [0.2, 0.25) is 5.91 Å². The van der Waals surface area contributed by atoms with E-state index in [2.05, 4.69) is 5.32 Å². The number of nitrogens with one attached hydrogen (secondary N) is 1. The summed E-state index contributed by atoms with van der Waals surface area (Å²) in [6, 6.07) is 12.6.